The van der Waals surface area contributed by atoms with E-state index in [4.69, 9.17) is 0 Å². The third-order valence-electron chi connectivity index (χ3n) is 4.72. The van der Waals surface area contributed by atoms with Crippen LogP contribution in [0, 0.1) is 6.92 Å². The molecular formula is C21H25N3O2. The highest BCUT2D eigenvalue weighted by molar-refractivity contribution is 5.94. The van der Waals surface area contributed by atoms with Crippen LogP contribution in [0.5, 0.6) is 0 Å². The first kappa shape index (κ1) is 18.0. The van der Waals surface area contributed by atoms with E-state index in [2.05, 4.69) is 10.6 Å². The van der Waals surface area contributed by atoms with Gasteiger partial charge in [0, 0.05) is 30.9 Å². The highest BCUT2D eigenvalue weighted by atomic mass is 16.2. The lowest BCUT2D eigenvalue weighted by Crippen LogP contribution is -2.29. The molecule has 0 spiro atoms. The molecule has 2 aromatic rings. The number of carbonyl (C=O) groups is 2. The summed E-state index contributed by atoms with van der Waals surface area (Å²) in [7, 11) is 0. The summed E-state index contributed by atoms with van der Waals surface area (Å²) in [5, 5.41) is 6.01. The van der Waals surface area contributed by atoms with Crippen LogP contribution >= 0.6 is 0 Å². The Morgan fingerprint density at radius 2 is 1.69 bits per heavy atom. The number of hydrogen-bond donors (Lipinski definition) is 2. The number of carbonyl (C=O) groups excluding carboxylic acids is 2. The maximum Gasteiger partial charge on any atom is 0.253 e. The SMILES string of the molecule is Cc1ccccc1CNC(=O)CNc1ccc(C(=O)N2CCCC2)cc1. The normalized spacial score (nSPS) is 13.5. The Morgan fingerprint density at radius 3 is 2.38 bits per heavy atom. The van der Waals surface area contributed by atoms with Crippen LogP contribution in [0.1, 0.15) is 34.3 Å². The number of benzene rings is 2. The van der Waals surface area contributed by atoms with Crippen molar-refractivity contribution in [2.45, 2.75) is 26.3 Å². The second-order valence-corrected chi connectivity index (χ2v) is 6.63. The summed E-state index contributed by atoms with van der Waals surface area (Å²) >= 11 is 0. The van der Waals surface area contributed by atoms with Gasteiger partial charge in [-0.2, -0.15) is 0 Å². The van der Waals surface area contributed by atoms with Crippen LogP contribution in [0.2, 0.25) is 0 Å². The summed E-state index contributed by atoms with van der Waals surface area (Å²) in [6.07, 6.45) is 2.17. The minimum atomic E-state index is -0.0644. The third kappa shape index (κ3) is 4.63. The maximum absolute atomic E-state index is 12.3. The average Bonchev–Trinajstić information content (AvgIpc) is 3.20. The van der Waals surface area contributed by atoms with Gasteiger partial charge < -0.3 is 15.5 Å². The first-order valence-electron chi connectivity index (χ1n) is 9.08. The predicted molar refractivity (Wildman–Crippen MR) is 103 cm³/mol. The fourth-order valence-electron chi connectivity index (χ4n) is 3.08. The maximum atomic E-state index is 12.3. The number of nitrogens with one attached hydrogen (secondary N) is 2. The lowest BCUT2D eigenvalue weighted by molar-refractivity contribution is -0.119. The van der Waals surface area contributed by atoms with Gasteiger partial charge in [0.15, 0.2) is 0 Å². The zero-order valence-electron chi connectivity index (χ0n) is 15.1. The van der Waals surface area contributed by atoms with Crippen LogP contribution in [-0.4, -0.2) is 36.3 Å². The van der Waals surface area contributed by atoms with Crippen molar-refractivity contribution >= 4 is 17.5 Å². The van der Waals surface area contributed by atoms with Crippen molar-refractivity contribution in [1.82, 2.24) is 10.2 Å². The summed E-state index contributed by atoms with van der Waals surface area (Å²) in [6.45, 7) is 4.45. The van der Waals surface area contributed by atoms with Crippen LogP contribution in [0.4, 0.5) is 5.69 Å². The molecule has 2 amide bonds. The summed E-state index contributed by atoms with van der Waals surface area (Å²) in [6, 6.07) is 15.3. The second-order valence-electron chi connectivity index (χ2n) is 6.63. The van der Waals surface area contributed by atoms with Crippen molar-refractivity contribution in [3.05, 3.63) is 65.2 Å². The first-order chi connectivity index (χ1) is 12.6. The fourth-order valence-corrected chi connectivity index (χ4v) is 3.08. The summed E-state index contributed by atoms with van der Waals surface area (Å²) in [5.74, 6) is 0.0236. The van der Waals surface area contributed by atoms with Gasteiger partial charge in [-0.25, -0.2) is 0 Å². The monoisotopic (exact) mass is 351 g/mol. The standard InChI is InChI=1S/C21H25N3O2/c1-16-6-2-3-7-18(16)14-23-20(25)15-22-19-10-8-17(9-11-19)21(26)24-12-4-5-13-24/h2-3,6-11,22H,4-5,12-15H2,1H3,(H,23,25). The van der Waals surface area contributed by atoms with E-state index in [1.807, 2.05) is 60.4 Å². The molecule has 5 nitrogen and oxygen atoms in total. The number of amides is 2. The fraction of sp³-hybridized carbons (Fsp3) is 0.333. The first-order valence-corrected chi connectivity index (χ1v) is 9.08. The van der Waals surface area contributed by atoms with E-state index in [1.54, 1.807) is 0 Å². The zero-order chi connectivity index (χ0) is 18.4. The molecule has 1 fully saturated rings. The molecular weight excluding hydrogens is 326 g/mol. The van der Waals surface area contributed by atoms with Gasteiger partial charge in [0.05, 0.1) is 6.54 Å². The largest absolute Gasteiger partial charge is 0.376 e. The summed E-state index contributed by atoms with van der Waals surface area (Å²) < 4.78 is 0. The minimum Gasteiger partial charge on any atom is -0.376 e. The Balaban J connectivity index is 1.46. The molecule has 0 bridgehead atoms. The molecule has 0 aliphatic carbocycles. The molecule has 2 N–H and O–H groups in total. The number of hydrogen-bond acceptors (Lipinski definition) is 3. The molecule has 1 saturated heterocycles. The Bertz CT molecular complexity index is 765. The van der Waals surface area contributed by atoms with Gasteiger partial charge in [0.2, 0.25) is 5.91 Å². The highest BCUT2D eigenvalue weighted by Crippen LogP contribution is 2.15. The topological polar surface area (TPSA) is 61.4 Å². The molecule has 1 aliphatic rings. The summed E-state index contributed by atoms with van der Waals surface area (Å²) in [5.41, 5.74) is 3.81. The number of likely N-dealkylation sites (tertiary alicyclic amines) is 1. The van der Waals surface area contributed by atoms with E-state index in [0.29, 0.717) is 12.1 Å². The van der Waals surface area contributed by atoms with Crippen molar-refractivity contribution in [3.63, 3.8) is 0 Å². The lowest BCUT2D eigenvalue weighted by atomic mass is 10.1. The van der Waals surface area contributed by atoms with Crippen LogP contribution in [0.25, 0.3) is 0 Å². The van der Waals surface area contributed by atoms with Crippen molar-refractivity contribution in [3.8, 4) is 0 Å². The highest BCUT2D eigenvalue weighted by Gasteiger charge is 2.19. The molecule has 0 atom stereocenters. The van der Waals surface area contributed by atoms with Gasteiger partial charge >= 0.3 is 0 Å². The Kier molecular flexibility index (Phi) is 5.89. The van der Waals surface area contributed by atoms with Gasteiger partial charge in [0.25, 0.3) is 5.91 Å². The van der Waals surface area contributed by atoms with Crippen molar-refractivity contribution in [1.29, 1.82) is 0 Å². The molecule has 26 heavy (non-hydrogen) atoms. The molecule has 2 aromatic carbocycles. The molecule has 0 radical (unpaired) electrons. The van der Waals surface area contributed by atoms with E-state index in [0.717, 1.165) is 37.2 Å². The number of aryl methyl sites for hydroxylation is 1. The third-order valence-corrected chi connectivity index (χ3v) is 4.72. The van der Waals surface area contributed by atoms with Gasteiger partial charge in [-0.3, -0.25) is 9.59 Å². The smallest absolute Gasteiger partial charge is 0.253 e. The quantitative estimate of drug-likeness (QED) is 0.841. The molecule has 5 heteroatoms. The van der Waals surface area contributed by atoms with Crippen molar-refractivity contribution in [2.75, 3.05) is 25.0 Å². The van der Waals surface area contributed by atoms with Crippen molar-refractivity contribution in [2.24, 2.45) is 0 Å². The number of rotatable bonds is 6. The molecule has 1 aliphatic heterocycles. The molecule has 0 saturated carbocycles. The minimum absolute atomic E-state index is 0.0644. The molecule has 136 valence electrons. The van der Waals surface area contributed by atoms with E-state index >= 15 is 0 Å². The molecule has 1 heterocycles. The Labute approximate surface area is 154 Å². The Morgan fingerprint density at radius 1 is 1.00 bits per heavy atom. The van der Waals surface area contributed by atoms with Crippen LogP contribution in [0.15, 0.2) is 48.5 Å². The van der Waals surface area contributed by atoms with E-state index in [-0.39, 0.29) is 18.4 Å². The van der Waals surface area contributed by atoms with Crippen LogP contribution in [0.3, 0.4) is 0 Å². The Hall–Kier alpha value is -2.82. The van der Waals surface area contributed by atoms with Gasteiger partial charge in [-0.15, -0.1) is 0 Å². The zero-order valence-corrected chi connectivity index (χ0v) is 15.1. The van der Waals surface area contributed by atoms with Crippen LogP contribution < -0.4 is 10.6 Å². The van der Waals surface area contributed by atoms with E-state index < -0.39 is 0 Å². The lowest BCUT2D eigenvalue weighted by Gasteiger charge is -2.15. The van der Waals surface area contributed by atoms with E-state index in [9.17, 15) is 9.59 Å². The second kappa shape index (κ2) is 8.52. The number of nitrogens with zero attached hydrogens (tertiary/aromatic N) is 1. The molecule has 0 unspecified atom stereocenters. The van der Waals surface area contributed by atoms with E-state index in [1.165, 1.54) is 5.56 Å². The van der Waals surface area contributed by atoms with Gasteiger partial charge in [0.1, 0.15) is 0 Å². The molecule has 3 rings (SSSR count). The number of anilines is 1. The van der Waals surface area contributed by atoms with Crippen molar-refractivity contribution < 1.29 is 9.59 Å². The van der Waals surface area contributed by atoms with Gasteiger partial charge in [-0.1, -0.05) is 24.3 Å². The average molecular weight is 351 g/mol. The molecule has 0 aromatic heterocycles. The van der Waals surface area contributed by atoms with Crippen LogP contribution in [-0.2, 0) is 11.3 Å². The summed E-state index contributed by atoms with van der Waals surface area (Å²) in [4.78, 5) is 26.2. The predicted octanol–water partition coefficient (Wildman–Crippen LogP) is 2.96. The van der Waals surface area contributed by atoms with Gasteiger partial charge in [-0.05, 0) is 55.2 Å².